The van der Waals surface area contributed by atoms with Crippen molar-refractivity contribution in [3.8, 4) is 0 Å². The Morgan fingerprint density at radius 1 is 1.10 bits per heavy atom. The van der Waals surface area contributed by atoms with Crippen LogP contribution in [0.2, 0.25) is 0 Å². The number of benzene rings is 1. The molecule has 1 amide bonds. The topological polar surface area (TPSA) is 95.9 Å². The number of aliphatic hydroxyl groups is 1. The third-order valence-corrected chi connectivity index (χ3v) is 7.60. The van der Waals surface area contributed by atoms with Gasteiger partial charge in [-0.3, -0.25) is 4.79 Å². The third-order valence-electron chi connectivity index (χ3n) is 5.75. The van der Waals surface area contributed by atoms with Crippen LogP contribution in [0.15, 0.2) is 29.2 Å². The number of rotatable bonds is 5. The van der Waals surface area contributed by atoms with Gasteiger partial charge in [0, 0.05) is 25.2 Å². The Hall–Kier alpha value is -1.48. The summed E-state index contributed by atoms with van der Waals surface area (Å²) < 4.78 is 32.9. The molecule has 1 saturated heterocycles. The van der Waals surface area contributed by atoms with Crippen molar-refractivity contribution in [2.45, 2.75) is 75.1 Å². The Bertz CT molecular complexity index is 791. The molecule has 8 heteroatoms. The number of carbonyl (C=O) groups is 1. The first kappa shape index (κ1) is 22.2. The SMILES string of the molecule is CC1CN(S(=O)(=O)c2ccc(C(=O)NCC3(O)CCCCCC3)cc2)CC(C)O1. The molecule has 0 spiro atoms. The lowest BCUT2D eigenvalue weighted by Gasteiger charge is -2.34. The minimum absolute atomic E-state index is 0.159. The molecule has 2 fully saturated rings. The van der Waals surface area contributed by atoms with Crippen LogP contribution in [0.5, 0.6) is 0 Å². The zero-order valence-corrected chi connectivity index (χ0v) is 18.1. The van der Waals surface area contributed by atoms with Gasteiger partial charge in [0.15, 0.2) is 0 Å². The Morgan fingerprint density at radius 3 is 2.21 bits per heavy atom. The lowest BCUT2D eigenvalue weighted by Crippen LogP contribution is -2.48. The number of hydrogen-bond acceptors (Lipinski definition) is 5. The maximum Gasteiger partial charge on any atom is 0.251 e. The van der Waals surface area contributed by atoms with Gasteiger partial charge in [0.1, 0.15) is 0 Å². The molecular formula is C21H32N2O5S. The van der Waals surface area contributed by atoms with Crippen LogP contribution in [0.4, 0.5) is 0 Å². The molecule has 1 heterocycles. The van der Waals surface area contributed by atoms with Gasteiger partial charge in [-0.1, -0.05) is 25.7 Å². The van der Waals surface area contributed by atoms with E-state index >= 15 is 0 Å². The van der Waals surface area contributed by atoms with Crippen molar-refractivity contribution in [3.05, 3.63) is 29.8 Å². The molecule has 7 nitrogen and oxygen atoms in total. The van der Waals surface area contributed by atoms with E-state index in [2.05, 4.69) is 5.32 Å². The largest absolute Gasteiger partial charge is 0.388 e. The minimum atomic E-state index is -3.63. The van der Waals surface area contributed by atoms with Crippen molar-refractivity contribution in [1.29, 1.82) is 0 Å². The second-order valence-electron chi connectivity index (χ2n) is 8.42. The molecule has 0 aromatic heterocycles. The van der Waals surface area contributed by atoms with E-state index in [1.54, 1.807) is 0 Å². The summed E-state index contributed by atoms with van der Waals surface area (Å²) in [6.45, 7) is 4.55. The molecule has 0 bridgehead atoms. The highest BCUT2D eigenvalue weighted by molar-refractivity contribution is 7.89. The van der Waals surface area contributed by atoms with Crippen molar-refractivity contribution in [3.63, 3.8) is 0 Å². The number of carbonyl (C=O) groups excluding carboxylic acids is 1. The predicted molar refractivity (Wildman–Crippen MR) is 110 cm³/mol. The van der Waals surface area contributed by atoms with Gasteiger partial charge in [0.25, 0.3) is 5.91 Å². The monoisotopic (exact) mass is 424 g/mol. The van der Waals surface area contributed by atoms with Crippen molar-refractivity contribution in [2.75, 3.05) is 19.6 Å². The first-order chi connectivity index (χ1) is 13.7. The third kappa shape index (κ3) is 5.57. The molecule has 2 N–H and O–H groups in total. The quantitative estimate of drug-likeness (QED) is 0.707. The van der Waals surface area contributed by atoms with E-state index in [1.165, 1.54) is 28.6 Å². The summed E-state index contributed by atoms with van der Waals surface area (Å²) in [7, 11) is -3.63. The fourth-order valence-corrected chi connectivity index (χ4v) is 5.76. The summed E-state index contributed by atoms with van der Waals surface area (Å²) in [6.07, 6.45) is 5.25. The van der Waals surface area contributed by atoms with E-state index < -0.39 is 15.6 Å². The van der Waals surface area contributed by atoms with E-state index in [0.29, 0.717) is 31.5 Å². The highest BCUT2D eigenvalue weighted by Gasteiger charge is 2.32. The molecule has 2 atom stereocenters. The fraction of sp³-hybridized carbons (Fsp3) is 0.667. The number of nitrogens with zero attached hydrogens (tertiary/aromatic N) is 1. The van der Waals surface area contributed by atoms with Crippen LogP contribution in [0.25, 0.3) is 0 Å². The molecule has 1 aliphatic carbocycles. The van der Waals surface area contributed by atoms with Crippen molar-refractivity contribution in [2.24, 2.45) is 0 Å². The van der Waals surface area contributed by atoms with E-state index in [-0.39, 0.29) is 29.6 Å². The van der Waals surface area contributed by atoms with Gasteiger partial charge < -0.3 is 15.2 Å². The van der Waals surface area contributed by atoms with E-state index in [4.69, 9.17) is 4.74 Å². The lowest BCUT2D eigenvalue weighted by atomic mass is 9.94. The summed E-state index contributed by atoms with van der Waals surface area (Å²) >= 11 is 0. The van der Waals surface area contributed by atoms with Crippen LogP contribution in [0.3, 0.4) is 0 Å². The maximum absolute atomic E-state index is 12.9. The van der Waals surface area contributed by atoms with Gasteiger partial charge >= 0.3 is 0 Å². The molecular weight excluding hydrogens is 392 g/mol. The van der Waals surface area contributed by atoms with Crippen LogP contribution in [0, 0.1) is 0 Å². The normalized spacial score (nSPS) is 25.9. The molecule has 29 heavy (non-hydrogen) atoms. The second kappa shape index (κ2) is 9.12. The standard InChI is InChI=1S/C21H32N2O5S/c1-16-13-23(14-17(2)28-16)29(26,27)19-9-7-18(8-10-19)20(24)22-15-21(25)11-5-3-4-6-12-21/h7-10,16-17,25H,3-6,11-15H2,1-2H3,(H,22,24). The van der Waals surface area contributed by atoms with Crippen molar-refractivity contribution >= 4 is 15.9 Å². The van der Waals surface area contributed by atoms with Gasteiger partial charge in [-0.25, -0.2) is 8.42 Å². The Kier molecular flexibility index (Phi) is 6.98. The van der Waals surface area contributed by atoms with Crippen LogP contribution < -0.4 is 5.32 Å². The Balaban J connectivity index is 1.64. The molecule has 2 aliphatic rings. The molecule has 1 aliphatic heterocycles. The highest BCUT2D eigenvalue weighted by Crippen LogP contribution is 2.26. The fourth-order valence-electron chi connectivity index (χ4n) is 4.16. The zero-order chi connectivity index (χ0) is 21.1. The number of ether oxygens (including phenoxy) is 1. The van der Waals surface area contributed by atoms with E-state index in [1.807, 2.05) is 13.8 Å². The first-order valence-electron chi connectivity index (χ1n) is 10.5. The summed E-state index contributed by atoms with van der Waals surface area (Å²) in [5, 5.41) is 13.5. The number of morpholine rings is 1. The van der Waals surface area contributed by atoms with Crippen molar-refractivity contribution in [1.82, 2.24) is 9.62 Å². The summed E-state index contributed by atoms with van der Waals surface area (Å²) in [4.78, 5) is 12.6. The van der Waals surface area contributed by atoms with E-state index in [0.717, 1.165) is 25.7 Å². The van der Waals surface area contributed by atoms with Gasteiger partial charge in [-0.05, 0) is 51.0 Å². The predicted octanol–water partition coefficient (Wildman–Crippen LogP) is 2.30. The average Bonchev–Trinajstić information content (AvgIpc) is 2.90. The van der Waals surface area contributed by atoms with Gasteiger partial charge in [0.2, 0.25) is 10.0 Å². The summed E-state index contributed by atoms with van der Waals surface area (Å²) in [5.41, 5.74) is -0.469. The lowest BCUT2D eigenvalue weighted by molar-refractivity contribution is -0.0440. The van der Waals surface area contributed by atoms with Gasteiger partial charge in [-0.2, -0.15) is 4.31 Å². The van der Waals surface area contributed by atoms with E-state index in [9.17, 15) is 18.3 Å². The molecule has 162 valence electrons. The number of sulfonamides is 1. The van der Waals surface area contributed by atoms with Gasteiger partial charge in [0.05, 0.1) is 22.7 Å². The Morgan fingerprint density at radius 2 is 1.66 bits per heavy atom. The molecule has 1 aromatic carbocycles. The highest BCUT2D eigenvalue weighted by atomic mass is 32.2. The molecule has 1 aromatic rings. The molecule has 3 rings (SSSR count). The van der Waals surface area contributed by atoms with Crippen molar-refractivity contribution < 1.29 is 23.1 Å². The minimum Gasteiger partial charge on any atom is -0.388 e. The van der Waals surface area contributed by atoms with Crippen LogP contribution >= 0.6 is 0 Å². The number of nitrogens with one attached hydrogen (secondary N) is 1. The molecule has 2 unspecified atom stereocenters. The average molecular weight is 425 g/mol. The van der Waals surface area contributed by atoms with Crippen LogP contribution in [0.1, 0.15) is 62.7 Å². The molecule has 0 radical (unpaired) electrons. The summed E-state index contributed by atoms with van der Waals surface area (Å²) in [6, 6.07) is 5.98. The summed E-state index contributed by atoms with van der Waals surface area (Å²) in [5.74, 6) is -0.305. The smallest absolute Gasteiger partial charge is 0.251 e. The maximum atomic E-state index is 12.9. The Labute approximate surface area is 173 Å². The number of amides is 1. The van der Waals surface area contributed by atoms with Gasteiger partial charge in [-0.15, -0.1) is 0 Å². The molecule has 1 saturated carbocycles. The number of hydrogen-bond donors (Lipinski definition) is 2. The first-order valence-corrected chi connectivity index (χ1v) is 11.9. The second-order valence-corrected chi connectivity index (χ2v) is 10.4. The van der Waals surface area contributed by atoms with Crippen LogP contribution in [-0.4, -0.2) is 61.2 Å². The zero-order valence-electron chi connectivity index (χ0n) is 17.3. The van der Waals surface area contributed by atoms with Crippen LogP contribution in [-0.2, 0) is 14.8 Å².